The maximum absolute atomic E-state index is 10.8. The molecule has 12 heteroatoms. The molecule has 1 aromatic carbocycles. The van der Waals surface area contributed by atoms with Crippen LogP contribution in [0.1, 0.15) is 0 Å². The fourth-order valence-electron chi connectivity index (χ4n) is 3.25. The fraction of sp³-hybridized carbons (Fsp3) is 0.278. The van der Waals surface area contributed by atoms with Gasteiger partial charge in [-0.1, -0.05) is 11.3 Å². The van der Waals surface area contributed by atoms with Gasteiger partial charge in [-0.3, -0.25) is 5.32 Å². The molecular weight excluding hydrogens is 424 g/mol. The first-order valence-electron chi connectivity index (χ1n) is 9.29. The summed E-state index contributed by atoms with van der Waals surface area (Å²) in [5.74, 6) is 0.916. The second-order valence-electron chi connectivity index (χ2n) is 6.92. The fourth-order valence-corrected chi connectivity index (χ4v) is 5.04. The molecule has 5 rings (SSSR count). The number of fused-ring (bicyclic) bond motifs is 2. The summed E-state index contributed by atoms with van der Waals surface area (Å²) in [7, 11) is 2.13. The first kappa shape index (κ1) is 19.0. The van der Waals surface area contributed by atoms with Crippen molar-refractivity contribution in [3.8, 4) is 0 Å². The molecule has 0 bridgehead atoms. The van der Waals surface area contributed by atoms with Crippen molar-refractivity contribution in [1.82, 2.24) is 29.7 Å². The SMILES string of the molecule is CN1CCN(c2ccc3nnc(Sc4ccc5nc(NC(=O)O)sc5c4)n3n2)CC1. The van der Waals surface area contributed by atoms with Crippen molar-refractivity contribution in [3.63, 3.8) is 0 Å². The number of likely N-dealkylation sites (N-methyl/N-ethyl adjacent to an activating group) is 1. The lowest BCUT2D eigenvalue weighted by molar-refractivity contribution is 0.209. The van der Waals surface area contributed by atoms with E-state index in [9.17, 15) is 4.79 Å². The molecule has 1 aliphatic rings. The van der Waals surface area contributed by atoms with Gasteiger partial charge in [-0.2, -0.15) is 4.52 Å². The highest BCUT2D eigenvalue weighted by Crippen LogP contribution is 2.33. The van der Waals surface area contributed by atoms with Crippen LogP contribution >= 0.6 is 23.1 Å². The monoisotopic (exact) mass is 442 g/mol. The van der Waals surface area contributed by atoms with Crippen LogP contribution in [0.3, 0.4) is 0 Å². The molecule has 0 unspecified atom stereocenters. The van der Waals surface area contributed by atoms with E-state index in [1.165, 1.54) is 23.1 Å². The van der Waals surface area contributed by atoms with E-state index < -0.39 is 6.09 Å². The summed E-state index contributed by atoms with van der Waals surface area (Å²) < 4.78 is 2.66. The Kier molecular flexibility index (Phi) is 4.89. The van der Waals surface area contributed by atoms with Crippen LogP contribution in [0.2, 0.25) is 0 Å². The Hall–Kier alpha value is -2.96. The van der Waals surface area contributed by atoms with Crippen LogP contribution in [0.4, 0.5) is 15.7 Å². The molecule has 0 radical (unpaired) electrons. The van der Waals surface area contributed by atoms with Crippen LogP contribution in [0, 0.1) is 0 Å². The molecule has 1 amide bonds. The number of nitrogens with zero attached hydrogens (tertiary/aromatic N) is 7. The van der Waals surface area contributed by atoms with Crippen LogP contribution in [-0.2, 0) is 0 Å². The van der Waals surface area contributed by atoms with Crippen molar-refractivity contribution in [2.24, 2.45) is 0 Å². The molecule has 4 aromatic rings. The summed E-state index contributed by atoms with van der Waals surface area (Å²) in [4.78, 5) is 20.6. The lowest BCUT2D eigenvalue weighted by Crippen LogP contribution is -2.44. The Morgan fingerprint density at radius 2 is 2.00 bits per heavy atom. The molecule has 10 nitrogen and oxygen atoms in total. The van der Waals surface area contributed by atoms with Gasteiger partial charge in [0.25, 0.3) is 0 Å². The largest absolute Gasteiger partial charge is 0.465 e. The molecule has 0 saturated carbocycles. The van der Waals surface area contributed by atoms with Crippen LogP contribution in [-0.4, -0.2) is 74.1 Å². The molecule has 30 heavy (non-hydrogen) atoms. The van der Waals surface area contributed by atoms with Crippen molar-refractivity contribution in [2.45, 2.75) is 10.1 Å². The van der Waals surface area contributed by atoms with Gasteiger partial charge >= 0.3 is 6.09 Å². The standard InChI is InChI=1S/C18H18N8O2S2/c1-24-6-8-25(9-7-24)15-5-4-14-21-22-17(26(14)23-15)29-11-2-3-12-13(10-11)30-16(19-12)20-18(27)28/h2-5,10H,6-9H2,1H3,(H,19,20)(H,27,28). The highest BCUT2D eigenvalue weighted by molar-refractivity contribution is 7.99. The van der Waals surface area contributed by atoms with Crippen LogP contribution in [0.25, 0.3) is 15.9 Å². The summed E-state index contributed by atoms with van der Waals surface area (Å²) >= 11 is 2.75. The number of amides is 1. The van der Waals surface area contributed by atoms with E-state index in [-0.39, 0.29) is 0 Å². The Balaban J connectivity index is 1.42. The van der Waals surface area contributed by atoms with E-state index in [4.69, 9.17) is 10.2 Å². The van der Waals surface area contributed by atoms with Crippen molar-refractivity contribution in [1.29, 1.82) is 0 Å². The number of anilines is 2. The third-order valence-corrected chi connectivity index (χ3v) is 6.69. The minimum atomic E-state index is -1.12. The Labute approximate surface area is 179 Å². The van der Waals surface area contributed by atoms with E-state index in [1.807, 2.05) is 30.3 Å². The lowest BCUT2D eigenvalue weighted by Gasteiger charge is -2.33. The average molecular weight is 443 g/mol. The first-order valence-corrected chi connectivity index (χ1v) is 10.9. The number of carboxylic acid groups (broad SMARTS) is 1. The maximum atomic E-state index is 10.8. The summed E-state index contributed by atoms with van der Waals surface area (Å²) in [6.07, 6.45) is -1.12. The molecule has 4 heterocycles. The van der Waals surface area contributed by atoms with Crippen molar-refractivity contribution in [3.05, 3.63) is 30.3 Å². The third kappa shape index (κ3) is 3.76. The molecule has 2 N–H and O–H groups in total. The van der Waals surface area contributed by atoms with Crippen LogP contribution in [0.15, 0.2) is 40.4 Å². The zero-order chi connectivity index (χ0) is 20.7. The zero-order valence-corrected chi connectivity index (χ0v) is 17.7. The van der Waals surface area contributed by atoms with Gasteiger partial charge in [0, 0.05) is 31.1 Å². The molecule has 1 aliphatic heterocycles. The van der Waals surface area contributed by atoms with Gasteiger partial charge in [-0.05, 0) is 49.1 Å². The van der Waals surface area contributed by atoms with E-state index in [1.54, 1.807) is 4.52 Å². The second-order valence-corrected chi connectivity index (χ2v) is 8.99. The summed E-state index contributed by atoms with van der Waals surface area (Å²) in [5.41, 5.74) is 1.44. The van der Waals surface area contributed by atoms with Crippen molar-refractivity contribution < 1.29 is 9.90 Å². The van der Waals surface area contributed by atoms with E-state index in [0.29, 0.717) is 15.9 Å². The number of nitrogens with one attached hydrogen (secondary N) is 1. The molecule has 0 spiro atoms. The number of rotatable bonds is 4. The van der Waals surface area contributed by atoms with Crippen LogP contribution < -0.4 is 10.2 Å². The summed E-state index contributed by atoms with van der Waals surface area (Å²) in [6, 6.07) is 9.70. The van der Waals surface area contributed by atoms with Crippen LogP contribution in [0.5, 0.6) is 0 Å². The number of hydrogen-bond acceptors (Lipinski definition) is 9. The average Bonchev–Trinajstić information content (AvgIpc) is 3.31. The second kappa shape index (κ2) is 7.70. The van der Waals surface area contributed by atoms with Gasteiger partial charge in [0.2, 0.25) is 5.16 Å². The van der Waals surface area contributed by atoms with Crippen molar-refractivity contribution >= 4 is 56.0 Å². The summed E-state index contributed by atoms with van der Waals surface area (Å²) in [6.45, 7) is 3.90. The van der Waals surface area contributed by atoms with Gasteiger partial charge in [0.1, 0.15) is 5.82 Å². The molecule has 3 aromatic heterocycles. The Bertz CT molecular complexity index is 1230. The highest BCUT2D eigenvalue weighted by Gasteiger charge is 2.17. The predicted molar refractivity (Wildman–Crippen MR) is 116 cm³/mol. The summed E-state index contributed by atoms with van der Waals surface area (Å²) in [5, 5.41) is 25.5. The van der Waals surface area contributed by atoms with Gasteiger partial charge in [-0.15, -0.1) is 15.3 Å². The maximum Gasteiger partial charge on any atom is 0.410 e. The molecule has 1 saturated heterocycles. The zero-order valence-electron chi connectivity index (χ0n) is 16.0. The number of carbonyl (C=O) groups is 1. The highest BCUT2D eigenvalue weighted by atomic mass is 32.2. The molecule has 1 fully saturated rings. The number of aromatic nitrogens is 5. The minimum absolute atomic E-state index is 0.353. The van der Waals surface area contributed by atoms with Gasteiger partial charge < -0.3 is 14.9 Å². The van der Waals surface area contributed by atoms with Gasteiger partial charge in [0.15, 0.2) is 10.8 Å². The number of piperazine rings is 1. The molecular formula is C18H18N8O2S2. The Morgan fingerprint density at radius 1 is 1.17 bits per heavy atom. The smallest absolute Gasteiger partial charge is 0.410 e. The third-order valence-electron chi connectivity index (χ3n) is 4.83. The lowest BCUT2D eigenvalue weighted by atomic mass is 10.3. The first-order chi connectivity index (χ1) is 14.5. The van der Waals surface area contributed by atoms with E-state index in [0.717, 1.165) is 47.1 Å². The normalized spacial score (nSPS) is 15.2. The number of hydrogen-bond donors (Lipinski definition) is 2. The molecule has 0 atom stereocenters. The Morgan fingerprint density at radius 3 is 2.80 bits per heavy atom. The van der Waals surface area contributed by atoms with Gasteiger partial charge in [0.05, 0.1) is 10.2 Å². The topological polar surface area (TPSA) is 112 Å². The predicted octanol–water partition coefficient (Wildman–Crippen LogP) is 2.73. The molecule has 0 aliphatic carbocycles. The quantitative estimate of drug-likeness (QED) is 0.493. The van der Waals surface area contributed by atoms with E-state index >= 15 is 0 Å². The van der Waals surface area contributed by atoms with Gasteiger partial charge in [-0.25, -0.2) is 9.78 Å². The van der Waals surface area contributed by atoms with E-state index in [2.05, 4.69) is 37.3 Å². The van der Waals surface area contributed by atoms with Crippen molar-refractivity contribution in [2.75, 3.05) is 43.4 Å². The molecule has 154 valence electrons. The minimum Gasteiger partial charge on any atom is -0.465 e. The number of benzene rings is 1. The number of thiazole rings is 1.